The van der Waals surface area contributed by atoms with E-state index in [0.29, 0.717) is 0 Å². The summed E-state index contributed by atoms with van der Waals surface area (Å²) in [6.07, 6.45) is 3.07. The van der Waals surface area contributed by atoms with E-state index in [4.69, 9.17) is 5.73 Å². The van der Waals surface area contributed by atoms with Crippen LogP contribution >= 0.6 is 0 Å². The summed E-state index contributed by atoms with van der Waals surface area (Å²) in [5.74, 6) is 0.00827. The Morgan fingerprint density at radius 3 is 2.20 bits per heavy atom. The predicted molar refractivity (Wildman–Crippen MR) is 103 cm³/mol. The molecule has 0 aliphatic carbocycles. The molecule has 2 N–H and O–H groups in total. The fourth-order valence-electron chi connectivity index (χ4n) is 3.58. The third-order valence-corrected chi connectivity index (χ3v) is 4.96. The SMILES string of the molecule is NCC(=O)N(c1ccccc1)C1CCN(CCc2ccccc2)CC1. The lowest BCUT2D eigenvalue weighted by atomic mass is 10.0. The first-order chi connectivity index (χ1) is 12.3. The fraction of sp³-hybridized carbons (Fsp3) is 0.381. The molecule has 1 amide bonds. The molecule has 1 fully saturated rings. The van der Waals surface area contributed by atoms with Gasteiger partial charge in [-0.2, -0.15) is 0 Å². The highest BCUT2D eigenvalue weighted by Gasteiger charge is 2.28. The Kier molecular flexibility index (Phi) is 6.20. The second kappa shape index (κ2) is 8.79. The van der Waals surface area contributed by atoms with Crippen molar-refractivity contribution in [1.82, 2.24) is 4.90 Å². The molecule has 1 heterocycles. The van der Waals surface area contributed by atoms with Gasteiger partial charge in [0.05, 0.1) is 6.54 Å². The van der Waals surface area contributed by atoms with Gasteiger partial charge in [0, 0.05) is 31.4 Å². The predicted octanol–water partition coefficient (Wildman–Crippen LogP) is 2.69. The number of nitrogens with two attached hydrogens (primary N) is 1. The number of para-hydroxylation sites is 1. The molecule has 132 valence electrons. The standard InChI is InChI=1S/C21H27N3O/c22-17-21(25)24(19-9-5-2-6-10-19)20-12-15-23(16-13-20)14-11-18-7-3-1-4-8-18/h1-10,20H,11-17,22H2. The normalized spacial score (nSPS) is 15.9. The molecule has 25 heavy (non-hydrogen) atoms. The number of carbonyl (C=O) groups is 1. The van der Waals surface area contributed by atoms with Gasteiger partial charge in [0.25, 0.3) is 0 Å². The number of piperidine rings is 1. The van der Waals surface area contributed by atoms with Crippen molar-refractivity contribution in [3.8, 4) is 0 Å². The molecule has 0 spiro atoms. The Morgan fingerprint density at radius 1 is 1.00 bits per heavy atom. The first-order valence-electron chi connectivity index (χ1n) is 9.11. The summed E-state index contributed by atoms with van der Waals surface area (Å²) in [5.41, 5.74) is 8.00. The molecule has 1 saturated heterocycles. The molecule has 1 aliphatic heterocycles. The van der Waals surface area contributed by atoms with Crippen LogP contribution in [0.4, 0.5) is 5.69 Å². The number of likely N-dealkylation sites (tertiary alicyclic amines) is 1. The summed E-state index contributed by atoms with van der Waals surface area (Å²) < 4.78 is 0. The van der Waals surface area contributed by atoms with Gasteiger partial charge in [-0.15, -0.1) is 0 Å². The second-order valence-electron chi connectivity index (χ2n) is 6.61. The zero-order valence-electron chi connectivity index (χ0n) is 14.7. The highest BCUT2D eigenvalue weighted by atomic mass is 16.2. The van der Waals surface area contributed by atoms with Crippen molar-refractivity contribution in [2.45, 2.75) is 25.3 Å². The van der Waals surface area contributed by atoms with Crippen LogP contribution in [-0.4, -0.2) is 43.0 Å². The third-order valence-electron chi connectivity index (χ3n) is 4.96. The lowest BCUT2D eigenvalue weighted by molar-refractivity contribution is -0.118. The van der Waals surface area contributed by atoms with Gasteiger partial charge in [-0.3, -0.25) is 4.79 Å². The van der Waals surface area contributed by atoms with Gasteiger partial charge in [-0.05, 0) is 37.0 Å². The van der Waals surface area contributed by atoms with Crippen LogP contribution in [0.25, 0.3) is 0 Å². The molecule has 3 rings (SSSR count). The largest absolute Gasteiger partial charge is 0.322 e. The molecular formula is C21H27N3O. The number of benzene rings is 2. The summed E-state index contributed by atoms with van der Waals surface area (Å²) >= 11 is 0. The maximum atomic E-state index is 12.4. The van der Waals surface area contributed by atoms with Gasteiger partial charge in [-0.1, -0.05) is 48.5 Å². The van der Waals surface area contributed by atoms with Gasteiger partial charge in [0.2, 0.25) is 5.91 Å². The van der Waals surface area contributed by atoms with Crippen molar-refractivity contribution in [1.29, 1.82) is 0 Å². The van der Waals surface area contributed by atoms with E-state index in [9.17, 15) is 4.79 Å². The van der Waals surface area contributed by atoms with E-state index in [-0.39, 0.29) is 18.5 Å². The molecule has 0 aromatic heterocycles. The van der Waals surface area contributed by atoms with E-state index in [0.717, 1.165) is 44.6 Å². The molecule has 4 heteroatoms. The summed E-state index contributed by atoms with van der Waals surface area (Å²) in [6, 6.07) is 20.8. The number of hydrogen-bond donors (Lipinski definition) is 1. The zero-order chi connectivity index (χ0) is 17.5. The summed E-state index contributed by atoms with van der Waals surface area (Å²) in [5, 5.41) is 0. The van der Waals surface area contributed by atoms with E-state index in [2.05, 4.69) is 35.2 Å². The number of nitrogens with zero attached hydrogens (tertiary/aromatic N) is 2. The lowest BCUT2D eigenvalue weighted by Gasteiger charge is -2.38. The molecule has 2 aromatic rings. The molecule has 0 bridgehead atoms. The van der Waals surface area contributed by atoms with Crippen LogP contribution < -0.4 is 10.6 Å². The minimum atomic E-state index is 0.00827. The average molecular weight is 337 g/mol. The van der Waals surface area contributed by atoms with Crippen LogP contribution in [0.1, 0.15) is 18.4 Å². The van der Waals surface area contributed by atoms with Crippen LogP contribution in [-0.2, 0) is 11.2 Å². The minimum absolute atomic E-state index is 0.00827. The Balaban J connectivity index is 1.57. The van der Waals surface area contributed by atoms with Crippen molar-refractivity contribution < 1.29 is 4.79 Å². The Bertz CT molecular complexity index is 651. The van der Waals surface area contributed by atoms with Gasteiger partial charge >= 0.3 is 0 Å². The Morgan fingerprint density at radius 2 is 1.60 bits per heavy atom. The van der Waals surface area contributed by atoms with Gasteiger partial charge in [0.1, 0.15) is 0 Å². The summed E-state index contributed by atoms with van der Waals surface area (Å²) in [7, 11) is 0. The molecule has 4 nitrogen and oxygen atoms in total. The number of carbonyl (C=O) groups excluding carboxylic acids is 1. The highest BCUT2D eigenvalue weighted by Crippen LogP contribution is 2.23. The molecule has 0 radical (unpaired) electrons. The van der Waals surface area contributed by atoms with Crippen LogP contribution in [0, 0.1) is 0 Å². The lowest BCUT2D eigenvalue weighted by Crippen LogP contribution is -2.49. The van der Waals surface area contributed by atoms with Crippen molar-refractivity contribution in [3.63, 3.8) is 0 Å². The maximum absolute atomic E-state index is 12.4. The third kappa shape index (κ3) is 4.68. The zero-order valence-corrected chi connectivity index (χ0v) is 14.7. The van der Waals surface area contributed by atoms with E-state index in [1.807, 2.05) is 35.2 Å². The minimum Gasteiger partial charge on any atom is -0.322 e. The van der Waals surface area contributed by atoms with Gasteiger partial charge < -0.3 is 15.5 Å². The first kappa shape index (κ1) is 17.6. The van der Waals surface area contributed by atoms with Gasteiger partial charge in [-0.25, -0.2) is 0 Å². The van der Waals surface area contributed by atoms with Crippen molar-refractivity contribution in [3.05, 3.63) is 66.2 Å². The fourth-order valence-corrected chi connectivity index (χ4v) is 3.58. The Hall–Kier alpha value is -2.17. The molecule has 2 aromatic carbocycles. The van der Waals surface area contributed by atoms with Crippen LogP contribution in [0.2, 0.25) is 0 Å². The topological polar surface area (TPSA) is 49.6 Å². The number of hydrogen-bond acceptors (Lipinski definition) is 3. The first-order valence-corrected chi connectivity index (χ1v) is 9.11. The molecule has 1 aliphatic rings. The quantitative estimate of drug-likeness (QED) is 0.882. The van der Waals surface area contributed by atoms with Crippen molar-refractivity contribution >= 4 is 11.6 Å². The van der Waals surface area contributed by atoms with Crippen LogP contribution in [0.3, 0.4) is 0 Å². The number of rotatable bonds is 6. The molecule has 0 unspecified atom stereocenters. The number of anilines is 1. The second-order valence-corrected chi connectivity index (χ2v) is 6.61. The van der Waals surface area contributed by atoms with E-state index in [1.165, 1.54) is 5.56 Å². The van der Waals surface area contributed by atoms with Crippen molar-refractivity contribution in [2.75, 3.05) is 31.1 Å². The molecule has 0 saturated carbocycles. The summed E-state index contributed by atoms with van der Waals surface area (Å²) in [6.45, 7) is 3.19. The van der Waals surface area contributed by atoms with Crippen LogP contribution in [0.5, 0.6) is 0 Å². The van der Waals surface area contributed by atoms with E-state index in [1.54, 1.807) is 0 Å². The Labute approximate surface area is 150 Å². The average Bonchev–Trinajstić information content (AvgIpc) is 2.69. The maximum Gasteiger partial charge on any atom is 0.240 e. The van der Waals surface area contributed by atoms with E-state index >= 15 is 0 Å². The molecular weight excluding hydrogens is 310 g/mol. The smallest absolute Gasteiger partial charge is 0.240 e. The molecule has 0 atom stereocenters. The number of amides is 1. The van der Waals surface area contributed by atoms with E-state index < -0.39 is 0 Å². The summed E-state index contributed by atoms with van der Waals surface area (Å²) in [4.78, 5) is 16.8. The monoisotopic (exact) mass is 337 g/mol. The van der Waals surface area contributed by atoms with Crippen LogP contribution in [0.15, 0.2) is 60.7 Å². The van der Waals surface area contributed by atoms with Crippen molar-refractivity contribution in [2.24, 2.45) is 5.73 Å². The van der Waals surface area contributed by atoms with Gasteiger partial charge in [0.15, 0.2) is 0 Å². The highest BCUT2D eigenvalue weighted by molar-refractivity contribution is 5.95.